The molecule has 44 heavy (non-hydrogen) atoms. The highest BCUT2D eigenvalue weighted by atomic mass is 16.6. The summed E-state index contributed by atoms with van der Waals surface area (Å²) in [4.78, 5) is 52.0. The summed E-state index contributed by atoms with van der Waals surface area (Å²) in [5.41, 5.74) is -0.239. The smallest absolute Gasteiger partial charge is 0.316 e. The zero-order valence-corrected chi connectivity index (χ0v) is 28.4. The van der Waals surface area contributed by atoms with Crippen LogP contribution in [0.5, 0.6) is 0 Å². The van der Waals surface area contributed by atoms with Crippen LogP contribution < -0.4 is 0 Å². The van der Waals surface area contributed by atoms with Crippen LogP contribution in [-0.2, 0) is 38.1 Å². The van der Waals surface area contributed by atoms with Crippen LogP contribution in [0.4, 0.5) is 0 Å². The fourth-order valence-electron chi connectivity index (χ4n) is 11.1. The monoisotopic (exact) mass is 612 g/mol. The number of esters is 4. The van der Waals surface area contributed by atoms with Crippen molar-refractivity contribution in [2.75, 3.05) is 14.2 Å². The van der Waals surface area contributed by atoms with Gasteiger partial charge >= 0.3 is 23.9 Å². The van der Waals surface area contributed by atoms with Gasteiger partial charge in [0.05, 0.1) is 19.6 Å². The Balaban J connectivity index is 1.67. The van der Waals surface area contributed by atoms with E-state index in [9.17, 15) is 19.2 Å². The van der Waals surface area contributed by atoms with Crippen LogP contribution in [0.15, 0.2) is 23.3 Å². The molecular weight excluding hydrogens is 560 g/mol. The summed E-state index contributed by atoms with van der Waals surface area (Å²) < 4.78 is 22.6. The maximum Gasteiger partial charge on any atom is 0.316 e. The first-order chi connectivity index (χ1) is 20.4. The van der Waals surface area contributed by atoms with Crippen molar-refractivity contribution in [2.45, 2.75) is 119 Å². The van der Waals surface area contributed by atoms with Gasteiger partial charge in [0, 0.05) is 13.8 Å². The molecule has 0 amide bonds. The normalized spacial score (nSPS) is 43.8. The standard InChI is InChI=1S/C36H52O8/c1-21(37)43-25-20-32(5)26-12-11-23-24-19-31(3,4)15-17-36(24,30(40)42-10)18-16-33(23,6)34(26,7)14-13-27(32)35(8,29(39)41-9)28(25)44-22(2)38/h11,19,25-28H,12-18,20H2,1-10H3. The minimum atomic E-state index is -1.21. The van der Waals surface area contributed by atoms with E-state index < -0.39 is 46.4 Å². The summed E-state index contributed by atoms with van der Waals surface area (Å²) in [7, 11) is 2.87. The van der Waals surface area contributed by atoms with Gasteiger partial charge in [-0.2, -0.15) is 0 Å². The Bertz CT molecular complexity index is 1330. The van der Waals surface area contributed by atoms with Gasteiger partial charge in [-0.1, -0.05) is 46.8 Å². The number of fused-ring (bicyclic) bond motifs is 7. The minimum Gasteiger partial charge on any atom is -0.468 e. The molecule has 0 bridgehead atoms. The molecule has 5 aliphatic carbocycles. The number of methoxy groups -OCH3 is 2. The molecule has 0 aromatic carbocycles. The van der Waals surface area contributed by atoms with E-state index in [2.05, 4.69) is 46.8 Å². The number of ether oxygens (including phenoxy) is 4. The van der Waals surface area contributed by atoms with Gasteiger partial charge in [-0.05, 0) is 103 Å². The summed E-state index contributed by atoms with van der Waals surface area (Å²) in [5.74, 6) is -1.60. The van der Waals surface area contributed by atoms with Crippen molar-refractivity contribution in [3.63, 3.8) is 0 Å². The average Bonchev–Trinajstić information content (AvgIpc) is 2.93. The van der Waals surface area contributed by atoms with E-state index >= 15 is 0 Å². The molecule has 0 aromatic heterocycles. The first-order valence-electron chi connectivity index (χ1n) is 16.3. The number of rotatable bonds is 4. The van der Waals surface area contributed by atoms with Crippen LogP contribution in [0.2, 0.25) is 0 Å². The van der Waals surface area contributed by atoms with E-state index in [1.165, 1.54) is 33.6 Å². The van der Waals surface area contributed by atoms with Crippen molar-refractivity contribution >= 4 is 23.9 Å². The van der Waals surface area contributed by atoms with E-state index in [0.29, 0.717) is 6.42 Å². The zero-order chi connectivity index (χ0) is 32.7. The van der Waals surface area contributed by atoms with E-state index in [1.807, 2.05) is 6.92 Å². The van der Waals surface area contributed by atoms with Gasteiger partial charge in [0.15, 0.2) is 6.10 Å². The summed E-state index contributed by atoms with van der Waals surface area (Å²) in [6.07, 6.45) is 9.14. The van der Waals surface area contributed by atoms with Crippen molar-refractivity contribution in [3.05, 3.63) is 23.3 Å². The predicted octanol–water partition coefficient (Wildman–Crippen LogP) is 6.51. The second-order valence-electron chi connectivity index (χ2n) is 16.0. The Labute approximate surface area is 262 Å². The fourth-order valence-corrected chi connectivity index (χ4v) is 11.1. The maximum absolute atomic E-state index is 13.8. The van der Waals surface area contributed by atoms with Gasteiger partial charge < -0.3 is 18.9 Å². The minimum absolute atomic E-state index is 0.0258. The van der Waals surface area contributed by atoms with Gasteiger partial charge in [0.25, 0.3) is 0 Å². The lowest BCUT2D eigenvalue weighted by Gasteiger charge is -2.70. The second kappa shape index (κ2) is 10.4. The van der Waals surface area contributed by atoms with Crippen molar-refractivity contribution < 1.29 is 38.1 Å². The summed E-state index contributed by atoms with van der Waals surface area (Å²) in [6.45, 7) is 16.0. The van der Waals surface area contributed by atoms with Crippen LogP contribution in [-0.4, -0.2) is 50.3 Å². The van der Waals surface area contributed by atoms with Gasteiger partial charge in [-0.25, -0.2) is 0 Å². The summed E-state index contributed by atoms with van der Waals surface area (Å²) >= 11 is 0. The van der Waals surface area contributed by atoms with Crippen LogP contribution in [0.3, 0.4) is 0 Å². The van der Waals surface area contributed by atoms with Gasteiger partial charge in [-0.15, -0.1) is 0 Å². The molecule has 3 fully saturated rings. The number of hydrogen-bond donors (Lipinski definition) is 0. The molecule has 0 aliphatic heterocycles. The van der Waals surface area contributed by atoms with E-state index in [-0.39, 0.29) is 34.1 Å². The molecule has 244 valence electrons. The number of carbonyl (C=O) groups excluding carboxylic acids is 4. The molecule has 5 aliphatic rings. The van der Waals surface area contributed by atoms with Gasteiger partial charge in [0.1, 0.15) is 11.5 Å². The molecular formula is C36H52O8. The largest absolute Gasteiger partial charge is 0.468 e. The van der Waals surface area contributed by atoms with Gasteiger partial charge in [0.2, 0.25) is 0 Å². The lowest BCUT2D eigenvalue weighted by atomic mass is 9.34. The molecule has 0 heterocycles. The third-order valence-corrected chi connectivity index (χ3v) is 13.4. The molecule has 0 saturated heterocycles. The molecule has 9 unspecified atom stereocenters. The summed E-state index contributed by atoms with van der Waals surface area (Å²) in [6, 6.07) is 0. The topological polar surface area (TPSA) is 105 Å². The summed E-state index contributed by atoms with van der Waals surface area (Å²) in [5, 5.41) is 0. The van der Waals surface area contributed by atoms with E-state index in [4.69, 9.17) is 18.9 Å². The molecule has 0 spiro atoms. The van der Waals surface area contributed by atoms with Crippen LogP contribution in [0.25, 0.3) is 0 Å². The van der Waals surface area contributed by atoms with Gasteiger partial charge in [-0.3, -0.25) is 19.2 Å². The highest BCUT2D eigenvalue weighted by Crippen LogP contribution is 2.75. The van der Waals surface area contributed by atoms with E-state index in [0.717, 1.165) is 50.5 Å². The molecule has 0 radical (unpaired) electrons. The highest BCUT2D eigenvalue weighted by Gasteiger charge is 2.72. The first-order valence-corrected chi connectivity index (χ1v) is 16.3. The molecule has 0 N–H and O–H groups in total. The number of hydrogen-bond acceptors (Lipinski definition) is 8. The van der Waals surface area contributed by atoms with Crippen molar-refractivity contribution in [1.29, 1.82) is 0 Å². The lowest BCUT2D eigenvalue weighted by molar-refractivity contribution is -0.248. The number of carbonyl (C=O) groups is 4. The lowest BCUT2D eigenvalue weighted by Crippen LogP contribution is -2.69. The molecule has 9 atom stereocenters. The van der Waals surface area contributed by atoms with Crippen LogP contribution in [0, 0.1) is 44.3 Å². The van der Waals surface area contributed by atoms with Crippen molar-refractivity contribution in [2.24, 2.45) is 44.3 Å². The molecule has 3 saturated carbocycles. The number of allylic oxidation sites excluding steroid dienone is 3. The van der Waals surface area contributed by atoms with Crippen molar-refractivity contribution in [1.82, 2.24) is 0 Å². The molecule has 8 heteroatoms. The second-order valence-corrected chi connectivity index (χ2v) is 16.0. The van der Waals surface area contributed by atoms with Crippen LogP contribution in [0.1, 0.15) is 107 Å². The first kappa shape index (κ1) is 32.7. The molecule has 5 rings (SSSR count). The maximum atomic E-state index is 13.8. The highest BCUT2D eigenvalue weighted by molar-refractivity contribution is 5.84. The Morgan fingerprint density at radius 2 is 1.36 bits per heavy atom. The third kappa shape index (κ3) is 4.35. The average molecular weight is 613 g/mol. The Hall–Kier alpha value is -2.64. The quantitative estimate of drug-likeness (QED) is 0.262. The van der Waals surface area contributed by atoms with E-state index in [1.54, 1.807) is 0 Å². The van der Waals surface area contributed by atoms with Crippen molar-refractivity contribution in [3.8, 4) is 0 Å². The Kier molecular flexibility index (Phi) is 7.78. The predicted molar refractivity (Wildman–Crippen MR) is 164 cm³/mol. The Morgan fingerprint density at radius 1 is 0.750 bits per heavy atom. The Morgan fingerprint density at radius 3 is 1.95 bits per heavy atom. The zero-order valence-electron chi connectivity index (χ0n) is 28.4. The molecule has 0 aromatic rings. The molecule has 8 nitrogen and oxygen atoms in total. The third-order valence-electron chi connectivity index (χ3n) is 13.4. The fraction of sp³-hybridized carbons (Fsp3) is 0.778. The van der Waals surface area contributed by atoms with Crippen LogP contribution >= 0.6 is 0 Å². The SMILES string of the molecule is COC(=O)C12CCC(C)(C)C=C1C1=CCC3C4(C)CC(OC(C)=O)C(OC(C)=O)C(C)(C(=O)OC)C4CCC3(C)C1(C)CC2.